The predicted molar refractivity (Wildman–Crippen MR) is 57.5 cm³/mol. The Morgan fingerprint density at radius 2 is 1.50 bits per heavy atom. The zero-order chi connectivity index (χ0) is 15.6. The van der Waals surface area contributed by atoms with Gasteiger partial charge in [-0.1, -0.05) is 0 Å². The monoisotopic (exact) mass is 340 g/mol. The van der Waals surface area contributed by atoms with Crippen LogP contribution in [0.3, 0.4) is 0 Å². The van der Waals surface area contributed by atoms with Crippen molar-refractivity contribution >= 4 is 21.9 Å². The van der Waals surface area contributed by atoms with Gasteiger partial charge in [0.2, 0.25) is 0 Å². The molecule has 0 aliphatic carbocycles. The summed E-state index contributed by atoms with van der Waals surface area (Å²) >= 11 is -0.478. The molecule has 1 aromatic carbocycles. The molecule has 1 rings (SSSR count). The van der Waals surface area contributed by atoms with Crippen molar-refractivity contribution in [2.45, 2.75) is 21.5 Å². The summed E-state index contributed by atoms with van der Waals surface area (Å²) in [6.07, 6.45) is -4.83. The fraction of sp³-hybridized carbons (Fsp3) is 0.333. The molecule has 0 aliphatic heterocycles. The largest absolute Gasteiger partial charge is 0.446 e. The smallest absolute Gasteiger partial charge is 0.257 e. The Bertz CT molecular complexity index is 547. The van der Waals surface area contributed by atoms with Gasteiger partial charge in [-0.05, 0) is 36.0 Å². The molecule has 0 saturated heterocycles. The van der Waals surface area contributed by atoms with Gasteiger partial charge >= 0.3 is 11.7 Å². The number of hydrogen-bond donors (Lipinski definition) is 0. The molecule has 0 heterocycles. The van der Waals surface area contributed by atoms with Gasteiger partial charge in [-0.15, -0.1) is 0 Å². The Morgan fingerprint density at radius 3 is 1.90 bits per heavy atom. The third-order valence-corrected chi connectivity index (χ3v) is 3.74. The zero-order valence-electron chi connectivity index (χ0n) is 9.33. The molecule has 0 N–H and O–H groups in total. The lowest BCUT2D eigenvalue weighted by Gasteiger charge is -2.09. The second-order valence-corrected chi connectivity index (χ2v) is 6.10. The van der Waals surface area contributed by atoms with Crippen molar-refractivity contribution in [3.05, 3.63) is 24.3 Å². The maximum absolute atomic E-state index is 12.0. The van der Waals surface area contributed by atoms with Gasteiger partial charge in [-0.3, -0.25) is 4.18 Å². The van der Waals surface area contributed by atoms with Crippen LogP contribution in [0.2, 0.25) is 0 Å². The minimum absolute atomic E-state index is 0.299. The molecular formula is C9H6F6O3S2. The summed E-state index contributed by atoms with van der Waals surface area (Å²) in [6.45, 7) is -2.01. The Balaban J connectivity index is 2.82. The van der Waals surface area contributed by atoms with E-state index < -0.39 is 45.1 Å². The fourth-order valence-electron chi connectivity index (χ4n) is 1.02. The molecular weight excluding hydrogens is 334 g/mol. The molecule has 0 aromatic heterocycles. The maximum Gasteiger partial charge on any atom is 0.446 e. The normalized spacial score (nSPS) is 13.5. The maximum atomic E-state index is 12.0. The van der Waals surface area contributed by atoms with E-state index in [0.29, 0.717) is 0 Å². The molecule has 1 aromatic rings. The predicted octanol–water partition coefficient (Wildman–Crippen LogP) is 3.57. The van der Waals surface area contributed by atoms with Crippen LogP contribution in [0.25, 0.3) is 0 Å². The first-order chi connectivity index (χ1) is 8.89. The molecule has 0 unspecified atom stereocenters. The van der Waals surface area contributed by atoms with E-state index in [-0.39, 0.29) is 4.90 Å². The minimum Gasteiger partial charge on any atom is -0.257 e. The number of thioether (sulfide) groups is 1. The van der Waals surface area contributed by atoms with Gasteiger partial charge in [0.15, 0.2) is 6.61 Å². The van der Waals surface area contributed by atoms with Gasteiger partial charge in [-0.2, -0.15) is 34.8 Å². The average Bonchev–Trinajstić information content (AvgIpc) is 2.24. The van der Waals surface area contributed by atoms with E-state index in [0.717, 1.165) is 24.3 Å². The Labute approximate surface area is 114 Å². The second-order valence-electron chi connectivity index (χ2n) is 3.35. The molecule has 11 heteroatoms. The van der Waals surface area contributed by atoms with Gasteiger partial charge < -0.3 is 0 Å². The van der Waals surface area contributed by atoms with Crippen molar-refractivity contribution in [3.63, 3.8) is 0 Å². The van der Waals surface area contributed by atoms with Gasteiger partial charge in [0, 0.05) is 4.90 Å². The van der Waals surface area contributed by atoms with E-state index in [4.69, 9.17) is 0 Å². The molecule has 0 amide bonds. The van der Waals surface area contributed by atoms with Crippen LogP contribution in [0, 0.1) is 0 Å². The van der Waals surface area contributed by atoms with Crippen molar-refractivity contribution in [2.75, 3.05) is 6.61 Å². The first kappa shape index (κ1) is 17.1. The van der Waals surface area contributed by atoms with Gasteiger partial charge in [0.05, 0.1) is 4.90 Å². The summed E-state index contributed by atoms with van der Waals surface area (Å²) < 4.78 is 98.0. The Kier molecular flexibility index (Phi) is 4.98. The highest BCUT2D eigenvalue weighted by molar-refractivity contribution is 8.00. The van der Waals surface area contributed by atoms with Crippen LogP contribution in [-0.4, -0.2) is 26.7 Å². The van der Waals surface area contributed by atoms with Crippen molar-refractivity contribution in [1.29, 1.82) is 0 Å². The molecule has 0 atom stereocenters. The van der Waals surface area contributed by atoms with E-state index in [2.05, 4.69) is 4.18 Å². The summed E-state index contributed by atoms with van der Waals surface area (Å²) in [6, 6.07) is 3.11. The summed E-state index contributed by atoms with van der Waals surface area (Å²) in [5, 5.41) is 0. The minimum atomic E-state index is -4.83. The summed E-state index contributed by atoms with van der Waals surface area (Å²) in [7, 11) is -4.66. The van der Waals surface area contributed by atoms with Gasteiger partial charge in [-0.25, -0.2) is 0 Å². The van der Waals surface area contributed by atoms with Crippen LogP contribution < -0.4 is 0 Å². The SMILES string of the molecule is O=S(=O)(OCC(F)(F)F)c1ccc(SC(F)(F)F)cc1. The third-order valence-electron chi connectivity index (χ3n) is 1.72. The summed E-state index contributed by atoms with van der Waals surface area (Å²) in [4.78, 5) is -0.958. The second kappa shape index (κ2) is 5.82. The number of benzene rings is 1. The highest BCUT2D eigenvalue weighted by atomic mass is 32.2. The van der Waals surface area contributed by atoms with Gasteiger partial charge in [0.25, 0.3) is 10.1 Å². The van der Waals surface area contributed by atoms with Crippen molar-refractivity contribution in [1.82, 2.24) is 0 Å². The van der Waals surface area contributed by atoms with E-state index in [1.807, 2.05) is 0 Å². The number of rotatable bonds is 4. The summed E-state index contributed by atoms with van der Waals surface area (Å²) in [5.41, 5.74) is -4.55. The molecule has 0 bridgehead atoms. The Morgan fingerprint density at radius 1 is 1.00 bits per heavy atom. The van der Waals surface area contributed by atoms with Crippen LogP contribution in [0.15, 0.2) is 34.1 Å². The highest BCUT2D eigenvalue weighted by Crippen LogP contribution is 2.37. The topological polar surface area (TPSA) is 43.4 Å². The standard InChI is InChI=1S/C9H6F6O3S2/c10-8(11,12)5-18-20(16,17)7-3-1-6(2-4-7)19-9(13,14)15/h1-4H,5H2. The lowest BCUT2D eigenvalue weighted by Crippen LogP contribution is -2.20. The van der Waals surface area contributed by atoms with E-state index in [1.165, 1.54) is 0 Å². The third kappa shape index (κ3) is 6.01. The number of hydrogen-bond acceptors (Lipinski definition) is 4. The average molecular weight is 340 g/mol. The molecule has 20 heavy (non-hydrogen) atoms. The molecule has 0 radical (unpaired) electrons. The number of alkyl halides is 6. The lowest BCUT2D eigenvalue weighted by molar-refractivity contribution is -0.152. The van der Waals surface area contributed by atoms with E-state index in [9.17, 15) is 34.8 Å². The zero-order valence-corrected chi connectivity index (χ0v) is 11.0. The highest BCUT2D eigenvalue weighted by Gasteiger charge is 2.32. The Hall–Kier alpha value is -0.940. The molecule has 3 nitrogen and oxygen atoms in total. The van der Waals surface area contributed by atoms with Crippen molar-refractivity contribution in [3.8, 4) is 0 Å². The van der Waals surface area contributed by atoms with E-state index in [1.54, 1.807) is 0 Å². The lowest BCUT2D eigenvalue weighted by atomic mass is 10.4. The first-order valence-corrected chi connectivity index (χ1v) is 6.93. The fourth-order valence-corrected chi connectivity index (χ4v) is 2.45. The first-order valence-electron chi connectivity index (χ1n) is 4.71. The van der Waals surface area contributed by atoms with E-state index >= 15 is 0 Å². The molecule has 114 valence electrons. The van der Waals surface area contributed by atoms with Crippen LogP contribution in [0.5, 0.6) is 0 Å². The van der Waals surface area contributed by atoms with Gasteiger partial charge in [0.1, 0.15) is 0 Å². The van der Waals surface area contributed by atoms with Crippen molar-refractivity contribution < 1.29 is 38.9 Å². The van der Waals surface area contributed by atoms with Crippen LogP contribution in [-0.2, 0) is 14.3 Å². The quantitative estimate of drug-likeness (QED) is 0.477. The molecule has 0 aliphatic rings. The van der Waals surface area contributed by atoms with Crippen molar-refractivity contribution in [2.24, 2.45) is 0 Å². The molecule has 0 spiro atoms. The summed E-state index contributed by atoms with van der Waals surface area (Å²) in [5.74, 6) is 0. The number of halogens is 6. The molecule has 0 saturated carbocycles. The molecule has 0 fully saturated rings. The van der Waals surface area contributed by atoms with Crippen LogP contribution in [0.4, 0.5) is 26.3 Å². The van der Waals surface area contributed by atoms with Crippen LogP contribution in [0.1, 0.15) is 0 Å². The van der Waals surface area contributed by atoms with Crippen LogP contribution >= 0.6 is 11.8 Å².